The van der Waals surface area contributed by atoms with Crippen molar-refractivity contribution in [3.05, 3.63) is 0 Å². The number of nitrogens with one attached hydrogen (secondary N) is 2. The molecule has 0 aromatic rings. The molecule has 2 nitrogen and oxygen atoms in total. The lowest BCUT2D eigenvalue weighted by Crippen LogP contribution is -2.45. The second kappa shape index (κ2) is 5.92. The van der Waals surface area contributed by atoms with Crippen LogP contribution >= 0.6 is 0 Å². The lowest BCUT2D eigenvalue weighted by Gasteiger charge is -2.30. The molecule has 1 saturated heterocycles. The molecule has 3 rings (SSSR count). The minimum atomic E-state index is 0.739. The molecular formula is C16H30N2. The van der Waals surface area contributed by atoms with Crippen LogP contribution in [0.2, 0.25) is 0 Å². The Bertz CT molecular complexity index is 246. The number of piperidine rings is 1. The van der Waals surface area contributed by atoms with Gasteiger partial charge in [0.1, 0.15) is 0 Å². The molecule has 0 amide bonds. The quantitative estimate of drug-likeness (QED) is 0.726. The van der Waals surface area contributed by atoms with Gasteiger partial charge in [-0.3, -0.25) is 0 Å². The van der Waals surface area contributed by atoms with E-state index >= 15 is 0 Å². The summed E-state index contributed by atoms with van der Waals surface area (Å²) in [5.41, 5.74) is 0. The first-order chi connectivity index (χ1) is 8.86. The molecular weight excluding hydrogens is 220 g/mol. The molecule has 3 fully saturated rings. The summed E-state index contributed by atoms with van der Waals surface area (Å²) in [7, 11) is 0. The van der Waals surface area contributed by atoms with Crippen molar-refractivity contribution in [1.82, 2.24) is 10.6 Å². The summed E-state index contributed by atoms with van der Waals surface area (Å²) >= 11 is 0. The summed E-state index contributed by atoms with van der Waals surface area (Å²) in [5.74, 6) is 4.18. The number of hydrogen-bond acceptors (Lipinski definition) is 2. The van der Waals surface area contributed by atoms with Crippen LogP contribution in [0.25, 0.3) is 0 Å². The third kappa shape index (κ3) is 3.48. The molecule has 3 aliphatic rings. The second-order valence-corrected chi connectivity index (χ2v) is 6.95. The monoisotopic (exact) mass is 250 g/mol. The third-order valence-corrected chi connectivity index (χ3v) is 5.41. The fourth-order valence-electron chi connectivity index (χ4n) is 3.81. The summed E-state index contributed by atoms with van der Waals surface area (Å²) in [4.78, 5) is 0. The maximum absolute atomic E-state index is 3.78. The molecule has 2 unspecified atom stereocenters. The van der Waals surface area contributed by atoms with Crippen LogP contribution in [-0.4, -0.2) is 25.7 Å². The fourth-order valence-corrected chi connectivity index (χ4v) is 3.81. The Hall–Kier alpha value is -0.0800. The Balaban J connectivity index is 1.35. The van der Waals surface area contributed by atoms with Gasteiger partial charge < -0.3 is 10.6 Å². The van der Waals surface area contributed by atoms with E-state index in [1.54, 1.807) is 0 Å². The van der Waals surface area contributed by atoms with E-state index in [2.05, 4.69) is 17.6 Å². The molecule has 2 saturated carbocycles. The van der Waals surface area contributed by atoms with Gasteiger partial charge in [-0.25, -0.2) is 0 Å². The molecule has 2 N–H and O–H groups in total. The van der Waals surface area contributed by atoms with Crippen LogP contribution in [0.4, 0.5) is 0 Å². The van der Waals surface area contributed by atoms with Crippen molar-refractivity contribution in [2.45, 2.75) is 57.9 Å². The van der Waals surface area contributed by atoms with E-state index in [0.29, 0.717) is 0 Å². The van der Waals surface area contributed by atoms with Gasteiger partial charge >= 0.3 is 0 Å². The molecule has 1 aliphatic heterocycles. The highest BCUT2D eigenvalue weighted by atomic mass is 15.0. The molecule has 2 atom stereocenters. The van der Waals surface area contributed by atoms with Crippen molar-refractivity contribution in [2.75, 3.05) is 19.6 Å². The normalized spacial score (nSPS) is 33.0. The maximum Gasteiger partial charge on any atom is 0.0195 e. The van der Waals surface area contributed by atoms with E-state index in [1.807, 2.05) is 0 Å². The molecule has 2 heteroatoms. The zero-order valence-electron chi connectivity index (χ0n) is 12.0. The van der Waals surface area contributed by atoms with Crippen molar-refractivity contribution in [3.63, 3.8) is 0 Å². The Morgan fingerprint density at radius 1 is 1.11 bits per heavy atom. The Morgan fingerprint density at radius 3 is 2.44 bits per heavy atom. The topological polar surface area (TPSA) is 24.1 Å². The lowest BCUT2D eigenvalue weighted by molar-refractivity contribution is 0.279. The molecule has 2 aliphatic carbocycles. The van der Waals surface area contributed by atoms with Crippen molar-refractivity contribution in [1.29, 1.82) is 0 Å². The van der Waals surface area contributed by atoms with E-state index in [-0.39, 0.29) is 0 Å². The van der Waals surface area contributed by atoms with Gasteiger partial charge in [0, 0.05) is 12.6 Å². The van der Waals surface area contributed by atoms with Crippen LogP contribution in [0.15, 0.2) is 0 Å². The molecule has 0 bridgehead atoms. The molecule has 1 heterocycles. The van der Waals surface area contributed by atoms with Gasteiger partial charge in [0.15, 0.2) is 0 Å². The molecule has 0 aromatic carbocycles. The highest BCUT2D eigenvalue weighted by Crippen LogP contribution is 2.48. The van der Waals surface area contributed by atoms with Gasteiger partial charge in [-0.2, -0.15) is 0 Å². The molecule has 0 radical (unpaired) electrons. The van der Waals surface area contributed by atoms with Gasteiger partial charge in [-0.05, 0) is 75.3 Å². The van der Waals surface area contributed by atoms with Gasteiger partial charge in [-0.1, -0.05) is 13.3 Å². The summed E-state index contributed by atoms with van der Waals surface area (Å²) in [6.45, 7) is 6.08. The lowest BCUT2D eigenvalue weighted by atomic mass is 9.90. The van der Waals surface area contributed by atoms with Crippen LogP contribution in [0.1, 0.15) is 51.9 Å². The number of hydrogen-bond donors (Lipinski definition) is 2. The molecule has 18 heavy (non-hydrogen) atoms. The predicted octanol–water partition coefficient (Wildman–Crippen LogP) is 2.79. The SMILES string of the molecule is CCC1CCNC(CNCC(C2CC2)C2CC2)C1. The van der Waals surface area contributed by atoms with E-state index < -0.39 is 0 Å². The minimum Gasteiger partial charge on any atom is -0.315 e. The molecule has 104 valence electrons. The van der Waals surface area contributed by atoms with E-state index in [4.69, 9.17) is 0 Å². The zero-order valence-corrected chi connectivity index (χ0v) is 12.0. The van der Waals surface area contributed by atoms with Gasteiger partial charge in [0.25, 0.3) is 0 Å². The smallest absolute Gasteiger partial charge is 0.0195 e. The average molecular weight is 250 g/mol. The van der Waals surface area contributed by atoms with E-state index in [1.165, 1.54) is 64.6 Å². The highest BCUT2D eigenvalue weighted by molar-refractivity contribution is 4.92. The van der Waals surface area contributed by atoms with Crippen LogP contribution in [-0.2, 0) is 0 Å². The first kappa shape index (κ1) is 12.9. The fraction of sp³-hybridized carbons (Fsp3) is 1.00. The van der Waals surface area contributed by atoms with Gasteiger partial charge in [-0.15, -0.1) is 0 Å². The summed E-state index contributed by atoms with van der Waals surface area (Å²) in [6.07, 6.45) is 10.2. The van der Waals surface area contributed by atoms with Crippen LogP contribution in [0.3, 0.4) is 0 Å². The first-order valence-electron chi connectivity index (χ1n) is 8.31. The minimum absolute atomic E-state index is 0.739. The van der Waals surface area contributed by atoms with Crippen LogP contribution < -0.4 is 10.6 Å². The Morgan fingerprint density at radius 2 is 1.83 bits per heavy atom. The Labute approximate surface area is 112 Å². The second-order valence-electron chi connectivity index (χ2n) is 6.95. The van der Waals surface area contributed by atoms with Crippen LogP contribution in [0, 0.1) is 23.7 Å². The van der Waals surface area contributed by atoms with Gasteiger partial charge in [0.2, 0.25) is 0 Å². The van der Waals surface area contributed by atoms with E-state index in [9.17, 15) is 0 Å². The number of rotatable bonds is 7. The summed E-state index contributed by atoms with van der Waals surface area (Å²) in [6, 6.07) is 0.739. The van der Waals surface area contributed by atoms with Crippen molar-refractivity contribution in [3.8, 4) is 0 Å². The molecule has 0 spiro atoms. The predicted molar refractivity (Wildman–Crippen MR) is 76.6 cm³/mol. The van der Waals surface area contributed by atoms with Crippen molar-refractivity contribution in [2.24, 2.45) is 23.7 Å². The Kier molecular flexibility index (Phi) is 4.25. The third-order valence-electron chi connectivity index (χ3n) is 5.41. The standard InChI is InChI=1S/C16H30N2/c1-2-12-7-8-18-15(9-12)10-17-11-16(13-3-4-13)14-5-6-14/h12-18H,2-11H2,1H3. The summed E-state index contributed by atoms with van der Waals surface area (Å²) < 4.78 is 0. The van der Waals surface area contributed by atoms with Crippen molar-refractivity contribution < 1.29 is 0 Å². The largest absolute Gasteiger partial charge is 0.315 e. The maximum atomic E-state index is 3.78. The summed E-state index contributed by atoms with van der Waals surface area (Å²) in [5, 5.41) is 7.46. The van der Waals surface area contributed by atoms with Gasteiger partial charge in [0.05, 0.1) is 0 Å². The van der Waals surface area contributed by atoms with Crippen LogP contribution in [0.5, 0.6) is 0 Å². The van der Waals surface area contributed by atoms with E-state index in [0.717, 1.165) is 29.7 Å². The van der Waals surface area contributed by atoms with Crippen molar-refractivity contribution >= 4 is 0 Å². The molecule has 0 aromatic heterocycles. The first-order valence-corrected chi connectivity index (χ1v) is 8.31. The average Bonchev–Trinajstić information content (AvgIpc) is 3.28. The highest BCUT2D eigenvalue weighted by Gasteiger charge is 2.40. The zero-order chi connectivity index (χ0) is 12.4.